The van der Waals surface area contributed by atoms with Crippen molar-refractivity contribution in [2.75, 3.05) is 20.8 Å². The summed E-state index contributed by atoms with van der Waals surface area (Å²) in [4.78, 5) is 13.8. The van der Waals surface area contributed by atoms with Gasteiger partial charge in [-0.15, -0.1) is 0 Å². The van der Waals surface area contributed by atoms with Crippen LogP contribution in [0.1, 0.15) is 18.1 Å². The van der Waals surface area contributed by atoms with Crippen LogP contribution in [0.3, 0.4) is 0 Å². The molecule has 0 spiro atoms. The number of benzene rings is 2. The summed E-state index contributed by atoms with van der Waals surface area (Å²) in [5.41, 5.74) is 1.84. The molecule has 5 heteroatoms. The van der Waals surface area contributed by atoms with Crippen molar-refractivity contribution >= 4 is 12.0 Å². The number of likely N-dealkylation sites (N-methyl/N-ethyl adjacent to an activating group) is 1. The number of carbonyl (C=O) groups is 1. The number of rotatable bonds is 7. The van der Waals surface area contributed by atoms with Crippen molar-refractivity contribution in [3.05, 3.63) is 65.5 Å². The van der Waals surface area contributed by atoms with Gasteiger partial charge in [0, 0.05) is 13.6 Å². The molecule has 4 nitrogen and oxygen atoms in total. The van der Waals surface area contributed by atoms with Crippen LogP contribution >= 0.6 is 0 Å². The van der Waals surface area contributed by atoms with Crippen LogP contribution in [-0.4, -0.2) is 31.6 Å². The third-order valence-corrected chi connectivity index (χ3v) is 3.66. The first-order chi connectivity index (χ1) is 12.0. The Kier molecular flexibility index (Phi) is 6.57. The second-order valence-corrected chi connectivity index (χ2v) is 5.58. The van der Waals surface area contributed by atoms with Crippen LogP contribution in [0.2, 0.25) is 0 Å². The maximum absolute atomic E-state index is 12.9. The topological polar surface area (TPSA) is 38.8 Å². The maximum Gasteiger partial charge on any atom is 0.260 e. The molecule has 0 fully saturated rings. The van der Waals surface area contributed by atoms with E-state index in [1.165, 1.54) is 17.0 Å². The zero-order valence-electron chi connectivity index (χ0n) is 14.7. The predicted octanol–water partition coefficient (Wildman–Crippen LogP) is 3.90. The highest BCUT2D eigenvalue weighted by atomic mass is 19.1. The Morgan fingerprint density at radius 1 is 1.16 bits per heavy atom. The second kappa shape index (κ2) is 8.87. The Bertz CT molecular complexity index is 741. The fourth-order valence-electron chi connectivity index (χ4n) is 2.30. The first kappa shape index (κ1) is 18.5. The van der Waals surface area contributed by atoms with E-state index >= 15 is 0 Å². The van der Waals surface area contributed by atoms with Gasteiger partial charge in [0.2, 0.25) is 0 Å². The minimum Gasteiger partial charge on any atom is -0.493 e. The van der Waals surface area contributed by atoms with Gasteiger partial charge in [-0.25, -0.2) is 4.39 Å². The molecule has 0 bridgehead atoms. The van der Waals surface area contributed by atoms with Gasteiger partial charge < -0.3 is 14.4 Å². The first-order valence-corrected chi connectivity index (χ1v) is 7.95. The molecular weight excluding hydrogens is 321 g/mol. The average molecular weight is 343 g/mol. The molecule has 1 amide bonds. The fourth-order valence-corrected chi connectivity index (χ4v) is 2.30. The molecule has 132 valence electrons. The Morgan fingerprint density at radius 2 is 1.88 bits per heavy atom. The monoisotopic (exact) mass is 343 g/mol. The first-order valence-electron chi connectivity index (χ1n) is 7.95. The molecule has 2 aromatic rings. The van der Waals surface area contributed by atoms with E-state index in [0.717, 1.165) is 11.1 Å². The number of halogens is 1. The van der Waals surface area contributed by atoms with E-state index in [4.69, 9.17) is 9.47 Å². The zero-order chi connectivity index (χ0) is 18.2. The smallest absolute Gasteiger partial charge is 0.260 e. The fraction of sp³-hybridized carbons (Fsp3) is 0.250. The number of hydrogen-bond donors (Lipinski definition) is 0. The molecule has 0 saturated heterocycles. The summed E-state index contributed by atoms with van der Waals surface area (Å²) in [6, 6.07) is 11.6. The van der Waals surface area contributed by atoms with Gasteiger partial charge in [-0.05, 0) is 42.3 Å². The Morgan fingerprint density at radius 3 is 2.52 bits per heavy atom. The van der Waals surface area contributed by atoms with Crippen LogP contribution in [-0.2, 0) is 11.3 Å². The molecule has 2 aromatic carbocycles. The van der Waals surface area contributed by atoms with Crippen molar-refractivity contribution < 1.29 is 18.7 Å². The molecule has 0 aliphatic rings. The lowest BCUT2D eigenvalue weighted by Gasteiger charge is -2.18. The minimum absolute atomic E-state index is 0.100. The van der Waals surface area contributed by atoms with E-state index in [1.807, 2.05) is 31.2 Å². The summed E-state index contributed by atoms with van der Waals surface area (Å²) in [7, 11) is 3.24. The van der Waals surface area contributed by atoms with Crippen molar-refractivity contribution in [3.63, 3.8) is 0 Å². The Hall–Kier alpha value is -2.82. The number of amides is 1. The Balaban J connectivity index is 1.95. The van der Waals surface area contributed by atoms with E-state index < -0.39 is 0 Å². The zero-order valence-corrected chi connectivity index (χ0v) is 14.7. The van der Waals surface area contributed by atoms with Gasteiger partial charge in [-0.3, -0.25) is 4.79 Å². The van der Waals surface area contributed by atoms with E-state index in [9.17, 15) is 9.18 Å². The lowest BCUT2D eigenvalue weighted by molar-refractivity contribution is -0.132. The molecule has 0 saturated carbocycles. The van der Waals surface area contributed by atoms with Crippen molar-refractivity contribution in [2.24, 2.45) is 0 Å². The van der Waals surface area contributed by atoms with Gasteiger partial charge in [-0.2, -0.15) is 0 Å². The quantitative estimate of drug-likeness (QED) is 0.765. The molecule has 0 aliphatic heterocycles. The van der Waals surface area contributed by atoms with Gasteiger partial charge in [0.15, 0.2) is 18.1 Å². The number of carbonyl (C=O) groups excluding carboxylic acids is 1. The third-order valence-electron chi connectivity index (χ3n) is 3.66. The molecule has 0 aromatic heterocycles. The maximum atomic E-state index is 12.9. The molecule has 25 heavy (non-hydrogen) atoms. The summed E-state index contributed by atoms with van der Waals surface area (Å²) >= 11 is 0. The molecule has 0 radical (unpaired) electrons. The molecule has 0 aliphatic carbocycles. The number of nitrogens with zero attached hydrogens (tertiary/aromatic N) is 1. The van der Waals surface area contributed by atoms with Crippen LogP contribution in [0.15, 0.2) is 48.5 Å². The van der Waals surface area contributed by atoms with Crippen LogP contribution in [0.25, 0.3) is 6.08 Å². The standard InChI is InChI=1S/C20H22FNO3/c1-4-5-15-8-11-18(19(12-15)24-3)25-14-20(23)22(2)13-16-6-9-17(21)10-7-16/h4-12H,13-14H2,1-3H3/b5-4+. The van der Waals surface area contributed by atoms with Crippen molar-refractivity contribution in [1.29, 1.82) is 0 Å². The summed E-state index contributed by atoms with van der Waals surface area (Å²) in [6.45, 7) is 2.23. The van der Waals surface area contributed by atoms with Gasteiger partial charge in [0.25, 0.3) is 5.91 Å². The van der Waals surface area contributed by atoms with E-state index in [0.29, 0.717) is 18.0 Å². The van der Waals surface area contributed by atoms with Gasteiger partial charge in [0.05, 0.1) is 7.11 Å². The van der Waals surface area contributed by atoms with Crippen LogP contribution < -0.4 is 9.47 Å². The van der Waals surface area contributed by atoms with Gasteiger partial charge >= 0.3 is 0 Å². The highest BCUT2D eigenvalue weighted by Crippen LogP contribution is 2.28. The number of hydrogen-bond acceptors (Lipinski definition) is 3. The van der Waals surface area contributed by atoms with E-state index in [-0.39, 0.29) is 18.3 Å². The predicted molar refractivity (Wildman–Crippen MR) is 96.1 cm³/mol. The number of methoxy groups -OCH3 is 1. The molecular formula is C20H22FNO3. The summed E-state index contributed by atoms with van der Waals surface area (Å²) in [6.07, 6.45) is 3.89. The molecule has 0 N–H and O–H groups in total. The average Bonchev–Trinajstić information content (AvgIpc) is 2.62. The SMILES string of the molecule is C/C=C/c1ccc(OCC(=O)N(C)Cc2ccc(F)cc2)c(OC)c1. The molecule has 2 rings (SSSR count). The Labute approximate surface area is 147 Å². The van der Waals surface area contributed by atoms with Crippen molar-refractivity contribution in [2.45, 2.75) is 13.5 Å². The highest BCUT2D eigenvalue weighted by Gasteiger charge is 2.12. The largest absolute Gasteiger partial charge is 0.493 e. The van der Waals surface area contributed by atoms with E-state index in [2.05, 4.69) is 0 Å². The summed E-state index contributed by atoms with van der Waals surface area (Å²) < 4.78 is 23.8. The highest BCUT2D eigenvalue weighted by molar-refractivity contribution is 5.77. The van der Waals surface area contributed by atoms with Crippen LogP contribution in [0.5, 0.6) is 11.5 Å². The van der Waals surface area contributed by atoms with Gasteiger partial charge in [-0.1, -0.05) is 30.4 Å². The summed E-state index contributed by atoms with van der Waals surface area (Å²) in [5.74, 6) is 0.613. The third kappa shape index (κ3) is 5.35. The molecule has 0 atom stereocenters. The lowest BCUT2D eigenvalue weighted by atomic mass is 10.2. The number of ether oxygens (including phenoxy) is 2. The van der Waals surface area contributed by atoms with Crippen molar-refractivity contribution in [3.8, 4) is 11.5 Å². The molecule has 0 unspecified atom stereocenters. The van der Waals surface area contributed by atoms with Crippen molar-refractivity contribution in [1.82, 2.24) is 4.90 Å². The summed E-state index contributed by atoms with van der Waals surface area (Å²) in [5, 5.41) is 0. The lowest BCUT2D eigenvalue weighted by Crippen LogP contribution is -2.31. The minimum atomic E-state index is -0.297. The van der Waals surface area contributed by atoms with Crippen LogP contribution in [0, 0.1) is 5.82 Å². The van der Waals surface area contributed by atoms with Gasteiger partial charge in [0.1, 0.15) is 5.82 Å². The normalized spacial score (nSPS) is 10.7. The van der Waals surface area contributed by atoms with Crippen LogP contribution in [0.4, 0.5) is 4.39 Å². The number of allylic oxidation sites excluding steroid dienone is 1. The van der Waals surface area contributed by atoms with E-state index in [1.54, 1.807) is 32.4 Å². The second-order valence-electron chi connectivity index (χ2n) is 5.58. The molecule has 0 heterocycles.